The molecular formula is C32H44N2O4. The average molecular weight is 521 g/mol. The van der Waals surface area contributed by atoms with Gasteiger partial charge in [0.25, 0.3) is 6.26 Å². The van der Waals surface area contributed by atoms with Crippen molar-refractivity contribution in [2.45, 2.75) is 92.9 Å². The van der Waals surface area contributed by atoms with E-state index >= 15 is 0 Å². The number of nitriles is 1. The van der Waals surface area contributed by atoms with Gasteiger partial charge in [-0.1, -0.05) is 78.4 Å². The number of aliphatic imine (C=N–C) groups is 1. The second-order valence-electron chi connectivity index (χ2n) is 10.0. The number of unbranched alkanes of at least 4 members (excludes halogenated alkanes) is 2. The lowest BCUT2D eigenvalue weighted by Crippen LogP contribution is -2.12. The molecule has 0 N–H and O–H groups in total. The van der Waals surface area contributed by atoms with Crippen LogP contribution in [0.2, 0.25) is 0 Å². The molecule has 6 heteroatoms. The maximum absolute atomic E-state index is 11.6. The molecule has 0 aromatic heterocycles. The molecule has 0 saturated heterocycles. The molecule has 38 heavy (non-hydrogen) atoms. The Morgan fingerprint density at radius 2 is 1.34 bits per heavy atom. The SMILES string of the molecule is CCCCC(CC)COc1ccc(C)c(-c2c(C)ccc(OCC(CC)CCCC)c2OC#N)c1N=C=O. The molecule has 0 amide bonds. The van der Waals surface area contributed by atoms with Gasteiger partial charge in [0.1, 0.15) is 11.4 Å². The Bertz CT molecular complexity index is 1120. The van der Waals surface area contributed by atoms with Crippen LogP contribution in [0.15, 0.2) is 29.3 Å². The van der Waals surface area contributed by atoms with Crippen LogP contribution in [-0.2, 0) is 4.79 Å². The molecule has 0 aliphatic heterocycles. The summed E-state index contributed by atoms with van der Waals surface area (Å²) in [6.45, 7) is 13.7. The molecule has 2 aromatic rings. The second-order valence-corrected chi connectivity index (χ2v) is 10.0. The highest BCUT2D eigenvalue weighted by Crippen LogP contribution is 2.48. The van der Waals surface area contributed by atoms with Gasteiger partial charge in [0, 0.05) is 11.1 Å². The number of nitrogens with zero attached hydrogens (tertiary/aromatic N) is 2. The standard InChI is InChI=1S/C32H44N2O4/c1-7-11-13-25(9-3)19-36-27-17-15-23(5)29(31(27)34-22-35)30-24(6)16-18-28(32(30)38-21-33)37-20-26(10-4)14-12-8-2/h15-18,25-26H,7-14,19-20H2,1-6H3. The third-order valence-corrected chi connectivity index (χ3v) is 7.27. The van der Waals surface area contributed by atoms with Gasteiger partial charge in [-0.2, -0.15) is 4.99 Å². The van der Waals surface area contributed by atoms with Crippen molar-refractivity contribution >= 4 is 11.8 Å². The van der Waals surface area contributed by atoms with Crippen LogP contribution in [0.1, 0.15) is 90.2 Å². The molecule has 0 bridgehead atoms. The normalized spacial score (nSPS) is 12.2. The molecule has 0 spiro atoms. The summed E-state index contributed by atoms with van der Waals surface area (Å²) >= 11 is 0. The van der Waals surface area contributed by atoms with Crippen LogP contribution >= 0.6 is 0 Å². The van der Waals surface area contributed by atoms with E-state index in [-0.39, 0.29) is 0 Å². The van der Waals surface area contributed by atoms with Gasteiger partial charge in [0.05, 0.1) is 13.2 Å². The molecule has 0 fully saturated rings. The van der Waals surface area contributed by atoms with Crippen LogP contribution in [0.4, 0.5) is 5.69 Å². The Morgan fingerprint density at radius 3 is 1.84 bits per heavy atom. The van der Waals surface area contributed by atoms with Crippen LogP contribution in [0.3, 0.4) is 0 Å². The van der Waals surface area contributed by atoms with Gasteiger partial charge in [0.2, 0.25) is 6.08 Å². The first-order chi connectivity index (χ1) is 18.4. The minimum Gasteiger partial charge on any atom is -0.491 e. The molecule has 0 heterocycles. The van der Waals surface area contributed by atoms with Crippen molar-refractivity contribution in [3.8, 4) is 34.6 Å². The van der Waals surface area contributed by atoms with Gasteiger partial charge in [-0.3, -0.25) is 0 Å². The highest BCUT2D eigenvalue weighted by atomic mass is 16.5. The maximum atomic E-state index is 11.6. The Balaban J connectivity index is 2.57. The third kappa shape index (κ3) is 8.36. The number of hydrogen-bond acceptors (Lipinski definition) is 6. The third-order valence-electron chi connectivity index (χ3n) is 7.27. The molecule has 2 atom stereocenters. The van der Waals surface area contributed by atoms with Crippen LogP contribution in [0.25, 0.3) is 11.1 Å². The maximum Gasteiger partial charge on any atom is 0.292 e. The lowest BCUT2D eigenvalue weighted by atomic mass is 9.93. The Kier molecular flexibility index (Phi) is 13.5. The van der Waals surface area contributed by atoms with Crippen LogP contribution < -0.4 is 14.2 Å². The van der Waals surface area contributed by atoms with Gasteiger partial charge in [0.15, 0.2) is 11.5 Å². The minimum atomic E-state index is 0.329. The van der Waals surface area contributed by atoms with E-state index in [0.717, 1.165) is 62.5 Å². The molecule has 0 aliphatic rings. The first-order valence-corrected chi connectivity index (χ1v) is 14.1. The highest BCUT2D eigenvalue weighted by molar-refractivity contribution is 5.90. The summed E-state index contributed by atoms with van der Waals surface area (Å²) < 4.78 is 18.0. The van der Waals surface area contributed by atoms with Gasteiger partial charge in [-0.15, -0.1) is 5.26 Å². The fourth-order valence-electron chi connectivity index (χ4n) is 4.71. The number of aryl methyl sites for hydroxylation is 2. The molecule has 0 radical (unpaired) electrons. The van der Waals surface area contributed by atoms with Crippen molar-refractivity contribution in [2.24, 2.45) is 16.8 Å². The summed E-state index contributed by atoms with van der Waals surface area (Å²) in [5.74, 6) is 2.18. The zero-order chi connectivity index (χ0) is 27.9. The van der Waals surface area contributed by atoms with Crippen LogP contribution in [0.5, 0.6) is 17.2 Å². The Labute approximate surface area is 229 Å². The predicted molar refractivity (Wildman–Crippen MR) is 153 cm³/mol. The van der Waals surface area contributed by atoms with E-state index in [1.807, 2.05) is 44.4 Å². The van der Waals surface area contributed by atoms with Gasteiger partial charge >= 0.3 is 0 Å². The Hall–Kier alpha value is -3.29. The smallest absolute Gasteiger partial charge is 0.292 e. The number of carbonyl (C=O) groups excluding carboxylic acids is 1. The lowest BCUT2D eigenvalue weighted by molar-refractivity contribution is 0.227. The van der Waals surface area contributed by atoms with Gasteiger partial charge < -0.3 is 14.2 Å². The molecule has 206 valence electrons. The van der Waals surface area contributed by atoms with Crippen molar-refractivity contribution in [3.63, 3.8) is 0 Å². The number of benzene rings is 2. The minimum absolute atomic E-state index is 0.329. The molecular weight excluding hydrogens is 476 g/mol. The van der Waals surface area contributed by atoms with Gasteiger partial charge in [-0.05, 0) is 61.8 Å². The summed E-state index contributed by atoms with van der Waals surface area (Å²) in [5.41, 5.74) is 3.49. The number of ether oxygens (including phenoxy) is 3. The fourth-order valence-corrected chi connectivity index (χ4v) is 4.71. The van der Waals surface area contributed by atoms with Crippen LogP contribution in [0, 0.1) is 37.2 Å². The summed E-state index contributed by atoms with van der Waals surface area (Å²) in [6.07, 6.45) is 12.3. The average Bonchev–Trinajstić information content (AvgIpc) is 2.92. The topological polar surface area (TPSA) is 80.9 Å². The van der Waals surface area contributed by atoms with E-state index in [4.69, 9.17) is 14.2 Å². The first-order valence-electron chi connectivity index (χ1n) is 14.1. The van der Waals surface area contributed by atoms with E-state index in [0.29, 0.717) is 59.1 Å². The molecule has 2 rings (SSSR count). The zero-order valence-corrected chi connectivity index (χ0v) is 24.1. The van der Waals surface area contributed by atoms with Gasteiger partial charge in [-0.25, -0.2) is 4.79 Å². The molecule has 2 unspecified atom stereocenters. The number of rotatable bonds is 17. The van der Waals surface area contributed by atoms with Crippen LogP contribution in [-0.4, -0.2) is 19.3 Å². The quantitative estimate of drug-likeness (QED) is 0.118. The molecule has 0 saturated carbocycles. The van der Waals surface area contributed by atoms with Crippen molar-refractivity contribution in [1.82, 2.24) is 0 Å². The number of hydrogen-bond donors (Lipinski definition) is 0. The Morgan fingerprint density at radius 1 is 0.816 bits per heavy atom. The lowest BCUT2D eigenvalue weighted by Gasteiger charge is -2.22. The van der Waals surface area contributed by atoms with E-state index in [2.05, 4.69) is 32.7 Å². The fraction of sp³-hybridized carbons (Fsp3) is 0.562. The monoisotopic (exact) mass is 520 g/mol. The van der Waals surface area contributed by atoms with Crippen molar-refractivity contribution in [2.75, 3.05) is 13.2 Å². The highest BCUT2D eigenvalue weighted by Gasteiger charge is 2.24. The summed E-state index contributed by atoms with van der Waals surface area (Å²) in [7, 11) is 0. The van der Waals surface area contributed by atoms with E-state index in [1.165, 1.54) is 0 Å². The molecule has 6 nitrogen and oxygen atoms in total. The van der Waals surface area contributed by atoms with E-state index in [9.17, 15) is 10.1 Å². The summed E-state index contributed by atoms with van der Waals surface area (Å²) in [6, 6.07) is 7.58. The zero-order valence-electron chi connectivity index (χ0n) is 24.1. The second kappa shape index (κ2) is 16.5. The number of isocyanates is 1. The van der Waals surface area contributed by atoms with Crippen molar-refractivity contribution < 1.29 is 19.0 Å². The molecule has 2 aromatic carbocycles. The predicted octanol–water partition coefficient (Wildman–Crippen LogP) is 8.99. The van der Waals surface area contributed by atoms with E-state index in [1.54, 1.807) is 6.08 Å². The van der Waals surface area contributed by atoms with E-state index < -0.39 is 0 Å². The summed E-state index contributed by atoms with van der Waals surface area (Å²) in [4.78, 5) is 15.7. The summed E-state index contributed by atoms with van der Waals surface area (Å²) in [5, 5.41) is 9.55. The first kappa shape index (κ1) is 30.9. The molecule has 0 aliphatic carbocycles. The van der Waals surface area contributed by atoms with Crippen molar-refractivity contribution in [1.29, 1.82) is 5.26 Å². The van der Waals surface area contributed by atoms with Crippen molar-refractivity contribution in [3.05, 3.63) is 35.4 Å². The largest absolute Gasteiger partial charge is 0.491 e.